The van der Waals surface area contributed by atoms with E-state index in [0.29, 0.717) is 5.56 Å². The molecular weight excluding hydrogens is 258 g/mol. The zero-order valence-electron chi connectivity index (χ0n) is 11.7. The molecule has 6 nitrogen and oxygen atoms in total. The van der Waals surface area contributed by atoms with Crippen LogP contribution in [-0.2, 0) is 14.3 Å². The maximum absolute atomic E-state index is 11.6. The van der Waals surface area contributed by atoms with Crippen molar-refractivity contribution in [2.45, 2.75) is 13.0 Å². The first kappa shape index (κ1) is 15.5. The molecule has 106 valence electrons. The Morgan fingerprint density at radius 2 is 2.00 bits per heavy atom. The maximum atomic E-state index is 11.6. The minimum atomic E-state index is -0.738. The van der Waals surface area contributed by atoms with Crippen LogP contribution in [0.2, 0.25) is 0 Å². The quantitative estimate of drug-likeness (QED) is 0.799. The van der Waals surface area contributed by atoms with E-state index in [1.165, 1.54) is 14.0 Å². The number of benzene rings is 1. The number of nitrogens with one attached hydrogen (secondary N) is 1. The van der Waals surface area contributed by atoms with Gasteiger partial charge in [-0.3, -0.25) is 4.79 Å². The van der Waals surface area contributed by atoms with E-state index in [-0.39, 0.29) is 12.5 Å². The van der Waals surface area contributed by atoms with Crippen molar-refractivity contribution in [3.63, 3.8) is 0 Å². The summed E-state index contributed by atoms with van der Waals surface area (Å²) in [6, 6.07) is 8.24. The molecule has 0 spiro atoms. The Balaban J connectivity index is 2.78. The highest BCUT2D eigenvalue weighted by Gasteiger charge is 2.22. The van der Waals surface area contributed by atoms with Gasteiger partial charge in [0, 0.05) is 26.2 Å². The Labute approximate surface area is 117 Å². The Bertz CT molecular complexity index is 519. The largest absolute Gasteiger partial charge is 0.467 e. The summed E-state index contributed by atoms with van der Waals surface area (Å²) in [5, 5.41) is 11.3. The number of anilines is 1. The van der Waals surface area contributed by atoms with E-state index in [4.69, 9.17) is 5.26 Å². The smallest absolute Gasteiger partial charge is 0.330 e. The summed E-state index contributed by atoms with van der Waals surface area (Å²) < 4.78 is 4.66. The van der Waals surface area contributed by atoms with Crippen LogP contribution in [0.1, 0.15) is 12.5 Å². The minimum absolute atomic E-state index is 0.276. The van der Waals surface area contributed by atoms with Gasteiger partial charge in [0.1, 0.15) is 6.04 Å². The number of nitrogens with zero attached hydrogens (tertiary/aromatic N) is 2. The van der Waals surface area contributed by atoms with Gasteiger partial charge in [-0.1, -0.05) is 0 Å². The number of carbonyl (C=O) groups is 2. The summed E-state index contributed by atoms with van der Waals surface area (Å²) in [6.45, 7) is 1.62. The van der Waals surface area contributed by atoms with Crippen molar-refractivity contribution < 1.29 is 14.3 Å². The first-order chi connectivity index (χ1) is 9.47. The third-order valence-electron chi connectivity index (χ3n) is 2.76. The molecule has 0 fully saturated rings. The molecule has 6 heteroatoms. The molecule has 1 aromatic rings. The van der Waals surface area contributed by atoms with Gasteiger partial charge < -0.3 is 15.0 Å². The Hall–Kier alpha value is -2.55. The van der Waals surface area contributed by atoms with Gasteiger partial charge in [-0.25, -0.2) is 4.79 Å². The second-order valence-electron chi connectivity index (χ2n) is 4.32. The van der Waals surface area contributed by atoms with E-state index in [2.05, 4.69) is 10.1 Å². The van der Waals surface area contributed by atoms with Gasteiger partial charge in [-0.2, -0.15) is 5.26 Å². The lowest BCUT2D eigenvalue weighted by molar-refractivity contribution is -0.144. The summed E-state index contributed by atoms with van der Waals surface area (Å²) in [6.07, 6.45) is 0. The van der Waals surface area contributed by atoms with E-state index in [1.807, 2.05) is 6.07 Å². The third kappa shape index (κ3) is 4.28. The van der Waals surface area contributed by atoms with Crippen molar-refractivity contribution in [3.8, 4) is 6.07 Å². The predicted octanol–water partition coefficient (Wildman–Crippen LogP) is 0.672. The number of likely N-dealkylation sites (N-methyl/N-ethyl adjacent to an activating group) is 1. The molecular formula is C14H17N3O3. The van der Waals surface area contributed by atoms with Gasteiger partial charge in [-0.05, 0) is 24.3 Å². The molecule has 0 aromatic heterocycles. The fourth-order valence-electron chi connectivity index (χ4n) is 1.74. The fraction of sp³-hybridized carbons (Fsp3) is 0.357. The van der Waals surface area contributed by atoms with E-state index >= 15 is 0 Å². The number of nitriles is 1. The highest BCUT2D eigenvalue weighted by atomic mass is 16.5. The van der Waals surface area contributed by atoms with Gasteiger partial charge in [0.15, 0.2) is 0 Å². The average molecular weight is 275 g/mol. The maximum Gasteiger partial charge on any atom is 0.330 e. The number of ether oxygens (including phenoxy) is 1. The normalized spacial score (nSPS) is 11.1. The SMILES string of the molecule is COC(=O)C(CN(C)c1ccc(C#N)cc1)NC(C)=O. The number of esters is 1. The van der Waals surface area contributed by atoms with Crippen LogP contribution in [0.15, 0.2) is 24.3 Å². The van der Waals surface area contributed by atoms with Crippen LogP contribution in [0.4, 0.5) is 5.69 Å². The molecule has 0 radical (unpaired) electrons. The van der Waals surface area contributed by atoms with Crippen molar-refractivity contribution >= 4 is 17.6 Å². The lowest BCUT2D eigenvalue weighted by Gasteiger charge is -2.24. The number of carbonyl (C=O) groups excluding carboxylic acids is 2. The van der Waals surface area contributed by atoms with Gasteiger partial charge in [0.25, 0.3) is 0 Å². The van der Waals surface area contributed by atoms with Gasteiger partial charge in [0.05, 0.1) is 18.7 Å². The summed E-state index contributed by atoms with van der Waals surface area (Å²) in [4.78, 5) is 24.5. The first-order valence-corrected chi connectivity index (χ1v) is 6.04. The van der Waals surface area contributed by atoms with Crippen molar-refractivity contribution in [1.29, 1.82) is 5.26 Å². The summed E-state index contributed by atoms with van der Waals surface area (Å²) in [7, 11) is 3.07. The van der Waals surface area contributed by atoms with Crippen LogP contribution in [-0.4, -0.2) is 38.6 Å². The molecule has 1 atom stereocenters. The number of rotatable bonds is 5. The molecule has 0 aliphatic carbocycles. The number of methoxy groups -OCH3 is 1. The van der Waals surface area contributed by atoms with E-state index < -0.39 is 12.0 Å². The van der Waals surface area contributed by atoms with Crippen molar-refractivity contribution in [2.75, 3.05) is 25.6 Å². The third-order valence-corrected chi connectivity index (χ3v) is 2.76. The molecule has 0 bridgehead atoms. The van der Waals surface area contributed by atoms with Crippen LogP contribution in [0.3, 0.4) is 0 Å². The number of hydrogen-bond donors (Lipinski definition) is 1. The molecule has 0 aliphatic rings. The second-order valence-corrected chi connectivity index (χ2v) is 4.32. The highest BCUT2D eigenvalue weighted by Crippen LogP contribution is 2.13. The number of amides is 1. The summed E-state index contributed by atoms with van der Waals surface area (Å²) >= 11 is 0. The Morgan fingerprint density at radius 3 is 2.45 bits per heavy atom. The Kier molecular flexibility index (Phi) is 5.54. The lowest BCUT2D eigenvalue weighted by atomic mass is 10.2. The molecule has 1 rings (SSSR count). The summed E-state index contributed by atoms with van der Waals surface area (Å²) in [5.74, 6) is -0.797. The molecule has 1 unspecified atom stereocenters. The van der Waals surface area contributed by atoms with Crippen LogP contribution < -0.4 is 10.2 Å². The average Bonchev–Trinajstić information content (AvgIpc) is 2.45. The highest BCUT2D eigenvalue weighted by molar-refractivity contribution is 5.83. The van der Waals surface area contributed by atoms with Crippen LogP contribution in [0, 0.1) is 11.3 Å². The van der Waals surface area contributed by atoms with E-state index in [9.17, 15) is 9.59 Å². The minimum Gasteiger partial charge on any atom is -0.467 e. The fourth-order valence-corrected chi connectivity index (χ4v) is 1.74. The second kappa shape index (κ2) is 7.14. The van der Waals surface area contributed by atoms with E-state index in [1.54, 1.807) is 36.2 Å². The lowest BCUT2D eigenvalue weighted by Crippen LogP contribution is -2.47. The van der Waals surface area contributed by atoms with Crippen molar-refractivity contribution in [2.24, 2.45) is 0 Å². The topological polar surface area (TPSA) is 82.4 Å². The molecule has 1 aromatic carbocycles. The van der Waals surface area contributed by atoms with Crippen molar-refractivity contribution in [1.82, 2.24) is 5.32 Å². The molecule has 0 saturated carbocycles. The summed E-state index contributed by atoms with van der Waals surface area (Å²) in [5.41, 5.74) is 1.40. The van der Waals surface area contributed by atoms with Crippen LogP contribution >= 0.6 is 0 Å². The molecule has 0 aliphatic heterocycles. The monoisotopic (exact) mass is 275 g/mol. The standard InChI is InChI=1S/C14H17N3O3/c1-10(18)16-13(14(19)20-3)9-17(2)12-6-4-11(8-15)5-7-12/h4-7,13H,9H2,1-3H3,(H,16,18). The van der Waals surface area contributed by atoms with Crippen molar-refractivity contribution in [3.05, 3.63) is 29.8 Å². The molecule has 20 heavy (non-hydrogen) atoms. The van der Waals surface area contributed by atoms with Crippen LogP contribution in [0.25, 0.3) is 0 Å². The van der Waals surface area contributed by atoms with Gasteiger partial charge in [-0.15, -0.1) is 0 Å². The Morgan fingerprint density at radius 1 is 1.40 bits per heavy atom. The van der Waals surface area contributed by atoms with Gasteiger partial charge in [0.2, 0.25) is 5.91 Å². The predicted molar refractivity (Wildman–Crippen MR) is 74.0 cm³/mol. The van der Waals surface area contributed by atoms with E-state index in [0.717, 1.165) is 5.69 Å². The van der Waals surface area contributed by atoms with Gasteiger partial charge >= 0.3 is 5.97 Å². The number of hydrogen-bond acceptors (Lipinski definition) is 5. The molecule has 1 N–H and O–H groups in total. The molecule has 0 saturated heterocycles. The first-order valence-electron chi connectivity index (χ1n) is 6.04. The molecule has 1 amide bonds. The zero-order valence-corrected chi connectivity index (χ0v) is 11.7. The van der Waals surface area contributed by atoms with Crippen LogP contribution in [0.5, 0.6) is 0 Å². The zero-order chi connectivity index (χ0) is 15.1. The molecule has 0 heterocycles.